The summed E-state index contributed by atoms with van der Waals surface area (Å²) < 4.78 is 5.64. The average Bonchev–Trinajstić information content (AvgIpc) is 2.21. The van der Waals surface area contributed by atoms with Crippen LogP contribution in [0.4, 0.5) is 0 Å². The van der Waals surface area contributed by atoms with Crippen LogP contribution in [0.25, 0.3) is 0 Å². The van der Waals surface area contributed by atoms with Crippen LogP contribution in [0.3, 0.4) is 0 Å². The number of hydrogen-bond donors (Lipinski definition) is 0. The molecule has 0 radical (unpaired) electrons. The van der Waals surface area contributed by atoms with Gasteiger partial charge in [0.05, 0.1) is 17.5 Å². The molecule has 0 amide bonds. The van der Waals surface area contributed by atoms with Gasteiger partial charge in [0.2, 0.25) is 0 Å². The smallest absolute Gasteiger partial charge is 0.138 e. The van der Waals surface area contributed by atoms with Crippen molar-refractivity contribution in [3.05, 3.63) is 28.8 Å². The predicted molar refractivity (Wildman–Crippen MR) is 61.1 cm³/mol. The first-order chi connectivity index (χ1) is 7.17. The largest absolute Gasteiger partial charge is 0.488 e. The van der Waals surface area contributed by atoms with Gasteiger partial charge in [-0.25, -0.2) is 0 Å². The van der Waals surface area contributed by atoms with Gasteiger partial charge < -0.3 is 4.74 Å². The lowest BCUT2D eigenvalue weighted by atomic mass is 10.2. The summed E-state index contributed by atoms with van der Waals surface area (Å²) in [5.74, 6) is 0.657. The number of nitriles is 1. The number of rotatable bonds is 4. The molecule has 0 aliphatic rings. The lowest BCUT2D eigenvalue weighted by molar-refractivity contribution is 0.202. The number of ether oxygens (including phenoxy) is 1. The molecular formula is C12H14ClNO. The van der Waals surface area contributed by atoms with E-state index in [0.29, 0.717) is 17.2 Å². The fraction of sp³-hybridized carbons (Fsp3) is 0.417. The maximum Gasteiger partial charge on any atom is 0.138 e. The second kappa shape index (κ2) is 5.63. The minimum absolute atomic E-state index is 0.0739. The first-order valence-electron chi connectivity index (χ1n) is 4.97. The van der Waals surface area contributed by atoms with Crippen molar-refractivity contribution in [2.75, 3.05) is 0 Å². The summed E-state index contributed by atoms with van der Waals surface area (Å²) in [6.45, 7) is 3.96. The number of hydrogen-bond acceptors (Lipinski definition) is 2. The second-order valence-corrected chi connectivity index (χ2v) is 3.85. The first-order valence-corrected chi connectivity index (χ1v) is 5.35. The zero-order valence-corrected chi connectivity index (χ0v) is 9.71. The Morgan fingerprint density at radius 1 is 1.53 bits per heavy atom. The molecule has 0 N–H and O–H groups in total. The zero-order valence-electron chi connectivity index (χ0n) is 8.96. The van der Waals surface area contributed by atoms with Crippen molar-refractivity contribution in [2.45, 2.75) is 32.8 Å². The van der Waals surface area contributed by atoms with Crippen LogP contribution in [0.5, 0.6) is 5.75 Å². The highest BCUT2D eigenvalue weighted by molar-refractivity contribution is 6.32. The van der Waals surface area contributed by atoms with Crippen LogP contribution in [0.1, 0.15) is 25.3 Å². The molecule has 3 heteroatoms. The van der Waals surface area contributed by atoms with E-state index in [1.165, 1.54) is 0 Å². The SMILES string of the molecule is CCC(CC#N)Oc1ccc(C)cc1Cl. The molecule has 15 heavy (non-hydrogen) atoms. The van der Waals surface area contributed by atoms with E-state index in [1.54, 1.807) is 0 Å². The molecule has 1 aromatic carbocycles. The third-order valence-electron chi connectivity index (χ3n) is 2.16. The lowest BCUT2D eigenvalue weighted by Crippen LogP contribution is -2.14. The highest BCUT2D eigenvalue weighted by Crippen LogP contribution is 2.27. The maximum absolute atomic E-state index is 8.60. The highest BCUT2D eigenvalue weighted by Gasteiger charge is 2.09. The molecule has 1 unspecified atom stereocenters. The van der Waals surface area contributed by atoms with Crippen molar-refractivity contribution >= 4 is 11.6 Å². The molecule has 1 aromatic rings. The Balaban J connectivity index is 2.75. The molecule has 0 spiro atoms. The van der Waals surface area contributed by atoms with Gasteiger partial charge in [-0.3, -0.25) is 0 Å². The minimum atomic E-state index is -0.0739. The summed E-state index contributed by atoms with van der Waals surface area (Å²) in [4.78, 5) is 0. The summed E-state index contributed by atoms with van der Waals surface area (Å²) in [7, 11) is 0. The minimum Gasteiger partial charge on any atom is -0.488 e. The Kier molecular flexibility index (Phi) is 4.45. The highest BCUT2D eigenvalue weighted by atomic mass is 35.5. The summed E-state index contributed by atoms with van der Waals surface area (Å²) in [5, 5.41) is 9.20. The molecular weight excluding hydrogens is 210 g/mol. The van der Waals surface area contributed by atoms with Crippen molar-refractivity contribution in [1.82, 2.24) is 0 Å². The van der Waals surface area contributed by atoms with Gasteiger partial charge in [-0.1, -0.05) is 24.6 Å². The van der Waals surface area contributed by atoms with Crippen LogP contribution in [-0.4, -0.2) is 6.10 Å². The van der Waals surface area contributed by atoms with Crippen LogP contribution in [-0.2, 0) is 0 Å². The van der Waals surface area contributed by atoms with Crippen molar-refractivity contribution in [3.8, 4) is 11.8 Å². The zero-order chi connectivity index (χ0) is 11.3. The fourth-order valence-corrected chi connectivity index (χ4v) is 1.53. The number of nitrogens with zero attached hydrogens (tertiary/aromatic N) is 1. The summed E-state index contributed by atoms with van der Waals surface area (Å²) >= 11 is 6.02. The van der Waals surface area contributed by atoms with Crippen molar-refractivity contribution in [2.24, 2.45) is 0 Å². The number of aryl methyl sites for hydroxylation is 1. The summed E-state index contributed by atoms with van der Waals surface area (Å²) in [6.07, 6.45) is 1.12. The van der Waals surface area contributed by atoms with Gasteiger partial charge in [0, 0.05) is 0 Å². The molecule has 0 aliphatic heterocycles. The van der Waals surface area contributed by atoms with Crippen molar-refractivity contribution < 1.29 is 4.74 Å². The summed E-state index contributed by atoms with van der Waals surface area (Å²) in [6, 6.07) is 7.75. The molecule has 0 saturated heterocycles. The van der Waals surface area contributed by atoms with Gasteiger partial charge in [0.1, 0.15) is 11.9 Å². The molecule has 1 rings (SSSR count). The second-order valence-electron chi connectivity index (χ2n) is 3.44. The van der Waals surface area contributed by atoms with Crippen LogP contribution < -0.4 is 4.74 Å². The Morgan fingerprint density at radius 2 is 2.27 bits per heavy atom. The van der Waals surface area contributed by atoms with Crippen LogP contribution in [0, 0.1) is 18.3 Å². The predicted octanol–water partition coefficient (Wildman–Crippen LogP) is 3.72. The van der Waals surface area contributed by atoms with E-state index in [2.05, 4.69) is 6.07 Å². The Bertz CT molecular complexity index is 370. The van der Waals surface area contributed by atoms with Gasteiger partial charge >= 0.3 is 0 Å². The Morgan fingerprint density at radius 3 is 2.80 bits per heavy atom. The van der Waals surface area contributed by atoms with Gasteiger partial charge in [-0.2, -0.15) is 5.26 Å². The fourth-order valence-electron chi connectivity index (χ4n) is 1.25. The molecule has 2 nitrogen and oxygen atoms in total. The third-order valence-corrected chi connectivity index (χ3v) is 2.45. The lowest BCUT2D eigenvalue weighted by Gasteiger charge is -2.15. The van der Waals surface area contributed by atoms with Gasteiger partial charge in [-0.05, 0) is 31.0 Å². The van der Waals surface area contributed by atoms with E-state index in [4.69, 9.17) is 21.6 Å². The Labute approximate surface area is 95.4 Å². The standard InChI is InChI=1S/C12H14ClNO/c1-3-10(6-7-14)15-12-5-4-9(2)8-11(12)13/h4-5,8,10H,3,6H2,1-2H3. The first kappa shape index (κ1) is 11.9. The monoisotopic (exact) mass is 223 g/mol. The molecule has 0 saturated carbocycles. The van der Waals surface area contributed by atoms with Crippen molar-refractivity contribution in [3.63, 3.8) is 0 Å². The molecule has 80 valence electrons. The van der Waals surface area contributed by atoms with Crippen LogP contribution in [0.15, 0.2) is 18.2 Å². The number of halogens is 1. The summed E-state index contributed by atoms with van der Waals surface area (Å²) in [5.41, 5.74) is 1.10. The van der Waals surface area contributed by atoms with E-state index in [1.807, 2.05) is 32.0 Å². The van der Waals surface area contributed by atoms with E-state index < -0.39 is 0 Å². The topological polar surface area (TPSA) is 33.0 Å². The van der Waals surface area contributed by atoms with Gasteiger partial charge in [0.25, 0.3) is 0 Å². The van der Waals surface area contributed by atoms with Crippen LogP contribution >= 0.6 is 11.6 Å². The van der Waals surface area contributed by atoms with Gasteiger partial charge in [-0.15, -0.1) is 0 Å². The molecule has 0 heterocycles. The quantitative estimate of drug-likeness (QED) is 0.780. The average molecular weight is 224 g/mol. The normalized spacial score (nSPS) is 11.9. The van der Waals surface area contributed by atoms with E-state index in [0.717, 1.165) is 12.0 Å². The molecule has 0 fully saturated rings. The van der Waals surface area contributed by atoms with E-state index in [9.17, 15) is 0 Å². The molecule has 1 atom stereocenters. The van der Waals surface area contributed by atoms with E-state index in [-0.39, 0.29) is 6.10 Å². The van der Waals surface area contributed by atoms with Crippen molar-refractivity contribution in [1.29, 1.82) is 5.26 Å². The third kappa shape index (κ3) is 3.45. The van der Waals surface area contributed by atoms with E-state index >= 15 is 0 Å². The maximum atomic E-state index is 8.60. The molecule has 0 bridgehead atoms. The van der Waals surface area contributed by atoms with Crippen LogP contribution in [0.2, 0.25) is 5.02 Å². The Hall–Kier alpha value is -1.20. The molecule has 0 aromatic heterocycles. The van der Waals surface area contributed by atoms with Gasteiger partial charge in [0.15, 0.2) is 0 Å². The molecule has 0 aliphatic carbocycles. The number of benzene rings is 1.